The summed E-state index contributed by atoms with van der Waals surface area (Å²) in [4.78, 5) is 25.1. The summed E-state index contributed by atoms with van der Waals surface area (Å²) in [5.74, 6) is -1.13. The van der Waals surface area contributed by atoms with Gasteiger partial charge in [-0.25, -0.2) is 4.79 Å². The summed E-state index contributed by atoms with van der Waals surface area (Å²) in [6, 6.07) is 1.21. The van der Waals surface area contributed by atoms with E-state index in [-0.39, 0.29) is 11.9 Å². The molecule has 1 aliphatic heterocycles. The third-order valence-electron chi connectivity index (χ3n) is 3.39. The van der Waals surface area contributed by atoms with Gasteiger partial charge in [0.25, 0.3) is 5.91 Å². The molecule has 0 aliphatic carbocycles. The molecular weight excluding hydrogens is 312 g/mol. The van der Waals surface area contributed by atoms with E-state index < -0.39 is 12.0 Å². The number of nitrogens with zero attached hydrogens (tertiary/aromatic N) is 2. The topological polar surface area (TPSA) is 62.5 Å². The van der Waals surface area contributed by atoms with E-state index in [0.717, 1.165) is 10.9 Å². The second-order valence-electron chi connectivity index (χ2n) is 5.04. The number of hydrogen-bond acceptors (Lipinski definition) is 2. The third kappa shape index (κ3) is 2.68. The number of hydrogen-bond donors (Lipinski definition) is 1. The molecule has 1 aromatic heterocycles. The Kier molecular flexibility index (Phi) is 3.99. The molecule has 0 saturated carbocycles. The third-order valence-corrected chi connectivity index (χ3v) is 3.82. The van der Waals surface area contributed by atoms with Crippen LogP contribution < -0.4 is 0 Å². The van der Waals surface area contributed by atoms with Crippen LogP contribution in [0.4, 0.5) is 0 Å². The molecule has 0 radical (unpaired) electrons. The first kappa shape index (κ1) is 14.1. The fourth-order valence-corrected chi connectivity index (χ4v) is 2.90. The second kappa shape index (κ2) is 5.36. The van der Waals surface area contributed by atoms with Gasteiger partial charge in [-0.15, -0.1) is 0 Å². The Balaban J connectivity index is 2.31. The van der Waals surface area contributed by atoms with E-state index in [0.29, 0.717) is 18.7 Å². The molecule has 1 saturated heterocycles. The van der Waals surface area contributed by atoms with Crippen LogP contribution in [0.15, 0.2) is 16.7 Å². The Morgan fingerprint density at radius 3 is 2.74 bits per heavy atom. The van der Waals surface area contributed by atoms with Crippen LogP contribution in [0.25, 0.3) is 0 Å². The SMILES string of the molecule is CC(C)n1cc(Br)cc1C(=O)N1CCC[C@@H]1C(=O)O. The van der Waals surface area contributed by atoms with Crippen molar-refractivity contribution in [1.29, 1.82) is 0 Å². The van der Waals surface area contributed by atoms with Gasteiger partial charge in [0.05, 0.1) is 0 Å². The van der Waals surface area contributed by atoms with E-state index >= 15 is 0 Å². The molecule has 104 valence electrons. The van der Waals surface area contributed by atoms with Crippen LogP contribution in [0.1, 0.15) is 43.2 Å². The zero-order valence-electron chi connectivity index (χ0n) is 11.0. The molecule has 1 atom stereocenters. The van der Waals surface area contributed by atoms with E-state index in [1.165, 1.54) is 4.90 Å². The van der Waals surface area contributed by atoms with Gasteiger partial charge in [-0.3, -0.25) is 4.79 Å². The maximum absolute atomic E-state index is 12.5. The monoisotopic (exact) mass is 328 g/mol. The first-order valence-electron chi connectivity index (χ1n) is 6.33. The number of rotatable bonds is 3. The lowest BCUT2D eigenvalue weighted by Crippen LogP contribution is -2.41. The van der Waals surface area contributed by atoms with Gasteiger partial charge in [0, 0.05) is 23.3 Å². The Bertz CT molecular complexity index is 510. The van der Waals surface area contributed by atoms with Crippen LogP contribution in [0.5, 0.6) is 0 Å². The zero-order valence-corrected chi connectivity index (χ0v) is 12.6. The van der Waals surface area contributed by atoms with Crippen molar-refractivity contribution in [2.75, 3.05) is 6.54 Å². The van der Waals surface area contributed by atoms with E-state index in [4.69, 9.17) is 5.11 Å². The molecule has 0 aromatic carbocycles. The van der Waals surface area contributed by atoms with Crippen molar-refractivity contribution < 1.29 is 14.7 Å². The van der Waals surface area contributed by atoms with Crippen molar-refractivity contribution in [3.8, 4) is 0 Å². The summed E-state index contributed by atoms with van der Waals surface area (Å²) in [6.45, 7) is 4.49. The number of carboxylic acid groups (broad SMARTS) is 1. The first-order valence-corrected chi connectivity index (χ1v) is 7.12. The molecule has 6 heteroatoms. The molecule has 1 fully saturated rings. The van der Waals surface area contributed by atoms with Crippen LogP contribution in [-0.2, 0) is 4.79 Å². The number of halogens is 1. The summed E-state index contributed by atoms with van der Waals surface area (Å²) in [7, 11) is 0. The fraction of sp³-hybridized carbons (Fsp3) is 0.538. The van der Waals surface area contributed by atoms with E-state index in [2.05, 4.69) is 15.9 Å². The van der Waals surface area contributed by atoms with Gasteiger partial charge in [-0.2, -0.15) is 0 Å². The standard InChI is InChI=1S/C13H17BrN2O3/c1-8(2)16-7-9(14)6-11(16)12(17)15-5-3-4-10(15)13(18)19/h6-8,10H,3-5H2,1-2H3,(H,18,19)/t10-/m1/s1. The quantitative estimate of drug-likeness (QED) is 0.927. The van der Waals surface area contributed by atoms with E-state index in [9.17, 15) is 9.59 Å². The smallest absolute Gasteiger partial charge is 0.326 e. The maximum Gasteiger partial charge on any atom is 0.326 e. The van der Waals surface area contributed by atoms with Crippen molar-refractivity contribution in [2.24, 2.45) is 0 Å². The Morgan fingerprint density at radius 1 is 1.47 bits per heavy atom. The zero-order chi connectivity index (χ0) is 14.2. The van der Waals surface area contributed by atoms with Gasteiger partial charge in [0.2, 0.25) is 0 Å². The highest BCUT2D eigenvalue weighted by Gasteiger charge is 2.35. The van der Waals surface area contributed by atoms with Gasteiger partial charge in [0.1, 0.15) is 11.7 Å². The largest absolute Gasteiger partial charge is 0.480 e. The highest BCUT2D eigenvalue weighted by atomic mass is 79.9. The summed E-state index contributed by atoms with van der Waals surface area (Å²) in [6.07, 6.45) is 3.13. The van der Waals surface area contributed by atoms with Crippen molar-refractivity contribution in [3.05, 3.63) is 22.4 Å². The summed E-state index contributed by atoms with van der Waals surface area (Å²) in [5.41, 5.74) is 0.537. The Morgan fingerprint density at radius 2 is 2.16 bits per heavy atom. The van der Waals surface area contributed by atoms with E-state index in [1.807, 2.05) is 24.6 Å². The molecule has 0 unspecified atom stereocenters. The maximum atomic E-state index is 12.5. The summed E-state index contributed by atoms with van der Waals surface area (Å²) in [5, 5.41) is 9.15. The minimum absolute atomic E-state index is 0.149. The highest BCUT2D eigenvalue weighted by molar-refractivity contribution is 9.10. The van der Waals surface area contributed by atoms with Crippen LogP contribution >= 0.6 is 15.9 Å². The lowest BCUT2D eigenvalue weighted by atomic mass is 10.2. The normalized spacial score (nSPS) is 19.2. The van der Waals surface area contributed by atoms with Crippen LogP contribution in [0.3, 0.4) is 0 Å². The van der Waals surface area contributed by atoms with Crippen LogP contribution in [0.2, 0.25) is 0 Å². The lowest BCUT2D eigenvalue weighted by molar-refractivity contribution is -0.141. The van der Waals surface area contributed by atoms with Crippen molar-refractivity contribution in [2.45, 2.75) is 38.8 Å². The number of carboxylic acids is 1. The minimum Gasteiger partial charge on any atom is -0.480 e. The van der Waals surface area contributed by atoms with Gasteiger partial charge in [-0.05, 0) is 48.7 Å². The van der Waals surface area contributed by atoms with Crippen molar-refractivity contribution in [1.82, 2.24) is 9.47 Å². The van der Waals surface area contributed by atoms with E-state index in [1.54, 1.807) is 6.07 Å². The highest BCUT2D eigenvalue weighted by Crippen LogP contribution is 2.25. The number of likely N-dealkylation sites (tertiary alicyclic amines) is 1. The number of carbonyl (C=O) groups is 2. The second-order valence-corrected chi connectivity index (χ2v) is 5.96. The average molecular weight is 329 g/mol. The summed E-state index contributed by atoms with van der Waals surface area (Å²) < 4.78 is 2.69. The first-order chi connectivity index (χ1) is 8.91. The number of aliphatic carboxylic acids is 1. The average Bonchev–Trinajstić information content (AvgIpc) is 2.93. The molecule has 0 bridgehead atoms. The molecule has 2 heterocycles. The number of carbonyl (C=O) groups excluding carboxylic acids is 1. The van der Waals surface area contributed by atoms with Crippen LogP contribution in [0, 0.1) is 0 Å². The Labute approximate surface area is 120 Å². The molecule has 1 aromatic rings. The van der Waals surface area contributed by atoms with Gasteiger partial charge < -0.3 is 14.6 Å². The van der Waals surface area contributed by atoms with Gasteiger partial charge >= 0.3 is 5.97 Å². The molecule has 19 heavy (non-hydrogen) atoms. The molecule has 0 spiro atoms. The molecule has 1 N–H and O–H groups in total. The molecule has 1 aliphatic rings. The van der Waals surface area contributed by atoms with Crippen LogP contribution in [-0.4, -0.2) is 39.0 Å². The Hall–Kier alpha value is -1.30. The fourth-order valence-electron chi connectivity index (χ4n) is 2.46. The summed E-state index contributed by atoms with van der Waals surface area (Å²) >= 11 is 3.36. The van der Waals surface area contributed by atoms with Gasteiger partial charge in [0.15, 0.2) is 0 Å². The van der Waals surface area contributed by atoms with Crippen molar-refractivity contribution in [3.63, 3.8) is 0 Å². The minimum atomic E-state index is -0.924. The predicted octanol–water partition coefficient (Wildman–Crippen LogP) is 2.52. The molecule has 2 rings (SSSR count). The van der Waals surface area contributed by atoms with Gasteiger partial charge in [-0.1, -0.05) is 0 Å². The molecule has 5 nitrogen and oxygen atoms in total. The lowest BCUT2D eigenvalue weighted by Gasteiger charge is -2.23. The van der Waals surface area contributed by atoms with Crippen molar-refractivity contribution >= 4 is 27.8 Å². The number of amides is 1. The molecule has 1 amide bonds. The molecular formula is C13H17BrN2O3. The predicted molar refractivity (Wildman–Crippen MR) is 74.2 cm³/mol. The number of aromatic nitrogens is 1.